The molecule has 0 aliphatic heterocycles. The minimum Gasteiger partial charge on any atom is -0.481 e. The van der Waals surface area contributed by atoms with E-state index in [2.05, 4.69) is 219 Å². The fourth-order valence-electron chi connectivity index (χ4n) is 18.6. The molecule has 11 aromatic rings. The highest BCUT2D eigenvalue weighted by Gasteiger charge is 2.40. The molecule has 1 saturated carbocycles. The summed E-state index contributed by atoms with van der Waals surface area (Å²) >= 11 is 24.0. The van der Waals surface area contributed by atoms with Gasteiger partial charge in [-0.05, 0) is 284 Å². The predicted octanol–water partition coefficient (Wildman–Crippen LogP) is 39.4. The SMILES string of the molecule is CC(C)c1c(C2CC2)cncc1C(F)(F)F.CCc1cncc(Cl)c1C(C)C.COc1cc(C)c(C(C)C)c(C)n1.COc1ncc(C)c(C(C)C)c1C.Cc1cnc(N(C)C)c(C)c1C(C)C.Cc1cncc(C(F)(F)F)c1C(C)C.[C-]#[N+]c1cc(C(F)(F)F)c(C(C)C)c(C)n1.[C-]#[N+]c1cc(Cl)c(C(C)C)c(C)n1.[C-]#[N+]c1ccc(C)c(C(C)C)c1C.[C-]#[N+]c1ccc(Cl)c(C(C)C)c1Cl.[C-]#[N+]c1ncc(C)c(C(C)C)c1C. The van der Waals surface area contributed by atoms with Gasteiger partial charge in [0.25, 0.3) is 17.5 Å². The molecule has 9 aromatic heterocycles. The molecule has 0 saturated heterocycles. The summed E-state index contributed by atoms with van der Waals surface area (Å²) in [5.74, 6) is 6.64. The number of aromatic nitrogens is 9. The zero-order valence-corrected chi connectivity index (χ0v) is 98.2. The number of aryl methyl sites for hydroxylation is 10. The van der Waals surface area contributed by atoms with E-state index in [9.17, 15) is 39.5 Å². The highest BCUT2D eigenvalue weighted by molar-refractivity contribution is 6.38. The summed E-state index contributed by atoms with van der Waals surface area (Å²) in [6, 6.07) is 11.7. The summed E-state index contributed by atoms with van der Waals surface area (Å²) in [5, 5.41) is 2.56. The number of pyridine rings is 9. The minimum atomic E-state index is -4.44. The van der Waals surface area contributed by atoms with Crippen LogP contribution in [0.5, 0.6) is 11.8 Å². The molecule has 1 aliphatic carbocycles. The Morgan fingerprint density at radius 2 is 0.747 bits per heavy atom. The zero-order valence-electron chi connectivity index (χ0n) is 95.2. The molecular formula is C120H154Cl4F9N15O2. The van der Waals surface area contributed by atoms with Gasteiger partial charge >= 0.3 is 18.5 Å². The van der Waals surface area contributed by atoms with Crippen molar-refractivity contribution in [1.82, 2.24) is 44.9 Å². The molecule has 0 spiro atoms. The number of ether oxygens (including phenoxy) is 2. The largest absolute Gasteiger partial charge is 0.481 e. The standard InChI is InChI=1S/C12H14F3N.C12H20N2.C12H15N.C11H11F3N2.C11H14N2.2C11H17NO.C10H9Cl2N.C10H11ClN2.C10H14ClN.C10H12F3N/c1-7(2)11-9(8-3-4-8)5-16-6-10(11)12(13,14)15;1-8(2)11-9(3)7-13-12(10(11)4)14(5)6;1-8(2)12-9(3)6-7-11(13-5)10(12)4;1-6(2)10-7(3)16-9(15-4)5-8(10)11(12,13)14;1-7(2)10-8(3)6-13-11(12-5)9(10)4;1-7(2)10-8(3)6-12-11(13-5)9(10)4;1-7(2)11-8(3)6-10(13-5)12-9(11)4;1-6(2)9-7(11)4-5-8(13-3)10(9)12;1-6(2)10-7(3)13-9(12-4)5-8(10)11;1-4-8-5-12-6-9(11)10(8)7(2)3;1-6(2)9-7(3)4-14-5-8(9)10(11,12)13/h5-8H,3-4H2,1-2H3;7-8H,1-6H3;6-8H,1-4H3;5-6H,1-3H3;6-7H,1-4H3;2*6-7H,1-5H3;4-6H,1-2H3;5-6H,1-3H3;5-7H,4H2,1-3H3;4-6H,1-3H3. The maximum absolute atomic E-state index is 12.8. The van der Waals surface area contributed by atoms with Crippen LogP contribution in [-0.4, -0.2) is 73.2 Å². The molecule has 1 fully saturated rings. The van der Waals surface area contributed by atoms with Crippen molar-refractivity contribution in [3.63, 3.8) is 0 Å². The Morgan fingerprint density at radius 3 is 1.14 bits per heavy atom. The molecule has 150 heavy (non-hydrogen) atoms. The Kier molecular flexibility index (Phi) is 55.1. The first kappa shape index (κ1) is 134. The van der Waals surface area contributed by atoms with Crippen molar-refractivity contribution in [2.45, 2.75) is 358 Å². The number of alkyl halides is 9. The third-order valence-electron chi connectivity index (χ3n) is 24.6. The summed E-state index contributed by atoms with van der Waals surface area (Å²) in [4.78, 5) is 54.9. The smallest absolute Gasteiger partial charge is 0.418 e. The normalized spacial score (nSPS) is 11.4. The molecule has 0 amide bonds. The molecule has 1 aliphatic rings. The van der Waals surface area contributed by atoms with E-state index in [1.807, 2.05) is 99.4 Å². The van der Waals surface area contributed by atoms with Gasteiger partial charge in [-0.3, -0.25) is 15.0 Å². The average molecular weight is 2150 g/mol. The van der Waals surface area contributed by atoms with E-state index in [0.717, 1.165) is 105 Å². The van der Waals surface area contributed by atoms with E-state index in [1.54, 1.807) is 99.5 Å². The second-order valence-corrected chi connectivity index (χ2v) is 42.0. The summed E-state index contributed by atoms with van der Waals surface area (Å²) in [6.45, 7) is 107. The van der Waals surface area contributed by atoms with E-state index in [-0.39, 0.29) is 40.7 Å². The number of halogens is 13. The number of methoxy groups -OCH3 is 2. The number of nitrogens with zero attached hydrogens (tertiary/aromatic N) is 15. The van der Waals surface area contributed by atoms with E-state index in [1.165, 1.54) is 85.4 Å². The molecule has 0 bridgehead atoms. The fourth-order valence-corrected chi connectivity index (χ4v) is 20.3. The van der Waals surface area contributed by atoms with Crippen molar-refractivity contribution in [3.8, 4) is 11.8 Å². The van der Waals surface area contributed by atoms with Crippen molar-refractivity contribution < 1.29 is 49.0 Å². The molecule has 12 rings (SSSR count). The molecule has 0 N–H and O–H groups in total. The summed E-state index contributed by atoms with van der Waals surface area (Å²) in [6.07, 6.45) is 4.09. The maximum atomic E-state index is 12.8. The number of benzene rings is 2. The third kappa shape index (κ3) is 39.1. The van der Waals surface area contributed by atoms with Gasteiger partial charge in [0.1, 0.15) is 23.4 Å². The van der Waals surface area contributed by atoms with Crippen LogP contribution in [0.2, 0.25) is 20.1 Å². The number of anilines is 1. The Hall–Kier alpha value is -11.8. The van der Waals surface area contributed by atoms with E-state index >= 15 is 0 Å². The van der Waals surface area contributed by atoms with Gasteiger partial charge in [-0.25, -0.2) is 24.6 Å². The van der Waals surface area contributed by atoms with Gasteiger partial charge in [-0.1, -0.05) is 255 Å². The van der Waals surface area contributed by atoms with Gasteiger partial charge in [0, 0.05) is 116 Å². The topological polar surface area (TPSA) is 160 Å². The lowest BCUT2D eigenvalue weighted by Gasteiger charge is -2.20. The van der Waals surface area contributed by atoms with Gasteiger partial charge in [-0.2, -0.15) is 39.5 Å². The van der Waals surface area contributed by atoms with Crippen LogP contribution >= 0.6 is 46.4 Å². The number of hydrogen-bond donors (Lipinski definition) is 0. The highest BCUT2D eigenvalue weighted by atomic mass is 35.5. The van der Waals surface area contributed by atoms with Crippen LogP contribution in [0.25, 0.3) is 24.2 Å². The Labute approximate surface area is 909 Å². The predicted molar refractivity (Wildman–Crippen MR) is 603 cm³/mol. The van der Waals surface area contributed by atoms with Crippen LogP contribution in [0.4, 0.5) is 74.2 Å². The van der Waals surface area contributed by atoms with E-state index in [4.69, 9.17) is 88.7 Å². The minimum absolute atomic E-state index is 0.116. The van der Waals surface area contributed by atoms with E-state index in [0.29, 0.717) is 102 Å². The van der Waals surface area contributed by atoms with E-state index < -0.39 is 35.2 Å². The molecule has 17 nitrogen and oxygen atoms in total. The van der Waals surface area contributed by atoms with Gasteiger partial charge in [0.2, 0.25) is 17.4 Å². The van der Waals surface area contributed by atoms with Crippen molar-refractivity contribution in [2.24, 2.45) is 0 Å². The van der Waals surface area contributed by atoms with Crippen LogP contribution < -0.4 is 14.4 Å². The third-order valence-corrected chi connectivity index (χ3v) is 25.9. The van der Waals surface area contributed by atoms with Gasteiger partial charge in [-0.15, -0.1) is 15.0 Å². The first-order chi connectivity index (χ1) is 69.5. The van der Waals surface area contributed by atoms with Crippen LogP contribution in [0, 0.1) is 123 Å². The molecule has 0 unspecified atom stereocenters. The van der Waals surface area contributed by atoms with Crippen molar-refractivity contribution >= 4 is 81.0 Å². The lowest BCUT2D eigenvalue weighted by Crippen LogP contribution is -2.14. The van der Waals surface area contributed by atoms with Crippen molar-refractivity contribution in [1.29, 1.82) is 0 Å². The van der Waals surface area contributed by atoms with Gasteiger partial charge in [0.05, 0.1) is 54.1 Å². The van der Waals surface area contributed by atoms with Crippen LogP contribution in [0.3, 0.4) is 0 Å². The molecule has 812 valence electrons. The summed E-state index contributed by atoms with van der Waals surface area (Å²) in [5.41, 5.74) is 25.9. The highest BCUT2D eigenvalue weighted by Crippen LogP contribution is 2.48. The second-order valence-electron chi connectivity index (χ2n) is 40.4. The Bertz CT molecular complexity index is 6300. The molecule has 0 atom stereocenters. The van der Waals surface area contributed by atoms with Crippen molar-refractivity contribution in [3.05, 3.63) is 337 Å². The number of hydrogen-bond acceptors (Lipinski definition) is 12. The maximum Gasteiger partial charge on any atom is 0.418 e. The molecule has 0 radical (unpaired) electrons. The average Bonchev–Trinajstić information content (AvgIpc) is 1.11. The molecule has 2 aromatic carbocycles. The lowest BCUT2D eigenvalue weighted by molar-refractivity contribution is -0.139. The van der Waals surface area contributed by atoms with Crippen molar-refractivity contribution in [2.75, 3.05) is 33.2 Å². The Balaban J connectivity index is 0.000000558. The van der Waals surface area contributed by atoms with Gasteiger partial charge < -0.3 is 28.9 Å². The van der Waals surface area contributed by atoms with Crippen LogP contribution in [0.15, 0.2) is 98.2 Å². The van der Waals surface area contributed by atoms with Gasteiger partial charge in [0.15, 0.2) is 5.69 Å². The second kappa shape index (κ2) is 61.6. The van der Waals surface area contributed by atoms with Crippen LogP contribution in [0.1, 0.15) is 405 Å². The first-order valence-corrected chi connectivity index (χ1v) is 51.6. The van der Waals surface area contributed by atoms with Crippen LogP contribution in [-0.2, 0) is 24.9 Å². The molecule has 30 heteroatoms. The summed E-state index contributed by atoms with van der Waals surface area (Å²) in [7, 11) is 7.38. The Morgan fingerprint density at radius 1 is 0.347 bits per heavy atom. The molecule has 9 heterocycles. The number of rotatable bonds is 16. The lowest BCUT2D eigenvalue weighted by atomic mass is 9.92. The summed E-state index contributed by atoms with van der Waals surface area (Å²) < 4.78 is 125. The monoisotopic (exact) mass is 2150 g/mol. The molecular weight excluding hydrogens is 2000 g/mol. The quantitative estimate of drug-likeness (QED) is 0.0666. The fraction of sp³-hybridized carbons (Fsp3) is 0.483. The first-order valence-electron chi connectivity index (χ1n) is 50.1. The zero-order chi connectivity index (χ0) is 115.